The summed E-state index contributed by atoms with van der Waals surface area (Å²) in [4.78, 5) is 6.62. The number of ether oxygens (including phenoxy) is 2. The standard InChI is InChI=1S/C11H20N4O2/c1-16-6-4-14-3-2-13-11(14)15-5-7-17-10(8-12)9-15/h2-3,10H,4-9,12H2,1H3. The highest BCUT2D eigenvalue weighted by molar-refractivity contribution is 5.32. The van der Waals surface area contributed by atoms with E-state index in [0.29, 0.717) is 19.8 Å². The minimum absolute atomic E-state index is 0.108. The number of hydrogen-bond acceptors (Lipinski definition) is 5. The molecule has 1 saturated heterocycles. The summed E-state index contributed by atoms with van der Waals surface area (Å²) in [7, 11) is 1.70. The highest BCUT2D eigenvalue weighted by atomic mass is 16.5. The maximum absolute atomic E-state index is 5.64. The number of aromatic nitrogens is 2. The number of morpholine rings is 1. The zero-order valence-electron chi connectivity index (χ0n) is 10.2. The molecule has 6 nitrogen and oxygen atoms in total. The Kier molecular flexibility index (Phi) is 4.36. The summed E-state index contributed by atoms with van der Waals surface area (Å²) in [6.07, 6.45) is 3.90. The Morgan fingerprint density at radius 2 is 2.53 bits per heavy atom. The van der Waals surface area contributed by atoms with Gasteiger partial charge in [0, 0.05) is 45.7 Å². The molecule has 0 radical (unpaired) electrons. The van der Waals surface area contributed by atoms with E-state index in [1.807, 2.05) is 12.4 Å². The Balaban J connectivity index is 2.02. The highest BCUT2D eigenvalue weighted by Gasteiger charge is 2.22. The number of methoxy groups -OCH3 is 1. The lowest BCUT2D eigenvalue weighted by molar-refractivity contribution is 0.0457. The molecule has 0 aromatic carbocycles. The van der Waals surface area contributed by atoms with Crippen LogP contribution in [0.15, 0.2) is 12.4 Å². The molecule has 2 heterocycles. The highest BCUT2D eigenvalue weighted by Crippen LogP contribution is 2.15. The molecule has 0 saturated carbocycles. The molecule has 2 N–H and O–H groups in total. The number of rotatable bonds is 5. The van der Waals surface area contributed by atoms with E-state index in [0.717, 1.165) is 25.6 Å². The average Bonchev–Trinajstić information content (AvgIpc) is 2.84. The van der Waals surface area contributed by atoms with Crippen molar-refractivity contribution >= 4 is 5.95 Å². The van der Waals surface area contributed by atoms with Crippen molar-refractivity contribution in [1.29, 1.82) is 0 Å². The van der Waals surface area contributed by atoms with Crippen LogP contribution >= 0.6 is 0 Å². The first-order chi connectivity index (χ1) is 8.35. The average molecular weight is 240 g/mol. The van der Waals surface area contributed by atoms with Crippen LogP contribution in [0.3, 0.4) is 0 Å². The van der Waals surface area contributed by atoms with Gasteiger partial charge in [-0.15, -0.1) is 0 Å². The molecule has 2 rings (SSSR count). The Hall–Kier alpha value is -1.11. The fourth-order valence-electron chi connectivity index (χ4n) is 1.99. The zero-order chi connectivity index (χ0) is 12.1. The third kappa shape index (κ3) is 2.96. The fourth-order valence-corrected chi connectivity index (χ4v) is 1.99. The van der Waals surface area contributed by atoms with Gasteiger partial charge in [-0.05, 0) is 0 Å². The van der Waals surface area contributed by atoms with Crippen LogP contribution < -0.4 is 10.6 Å². The van der Waals surface area contributed by atoms with Crippen LogP contribution in [-0.4, -0.2) is 55.6 Å². The first-order valence-electron chi connectivity index (χ1n) is 5.92. The third-order valence-corrected chi connectivity index (χ3v) is 2.91. The van der Waals surface area contributed by atoms with Crippen molar-refractivity contribution < 1.29 is 9.47 Å². The summed E-state index contributed by atoms with van der Waals surface area (Å²) in [6, 6.07) is 0. The van der Waals surface area contributed by atoms with Crippen molar-refractivity contribution in [3.63, 3.8) is 0 Å². The van der Waals surface area contributed by atoms with E-state index in [1.165, 1.54) is 0 Å². The van der Waals surface area contributed by atoms with Crippen molar-refractivity contribution in [2.24, 2.45) is 5.73 Å². The Labute approximate surface area is 101 Å². The molecule has 0 spiro atoms. The van der Waals surface area contributed by atoms with Crippen molar-refractivity contribution in [3.8, 4) is 0 Å². The number of hydrogen-bond donors (Lipinski definition) is 1. The van der Waals surface area contributed by atoms with Crippen molar-refractivity contribution in [2.45, 2.75) is 12.6 Å². The number of anilines is 1. The second-order valence-electron chi connectivity index (χ2n) is 4.09. The van der Waals surface area contributed by atoms with Crippen molar-refractivity contribution in [2.75, 3.05) is 44.9 Å². The summed E-state index contributed by atoms with van der Waals surface area (Å²) < 4.78 is 12.7. The minimum atomic E-state index is 0.108. The first kappa shape index (κ1) is 12.3. The maximum atomic E-state index is 5.64. The van der Waals surface area contributed by atoms with E-state index in [-0.39, 0.29) is 6.10 Å². The normalized spacial score (nSPS) is 20.8. The molecule has 0 bridgehead atoms. The van der Waals surface area contributed by atoms with Crippen molar-refractivity contribution in [1.82, 2.24) is 9.55 Å². The molecule has 0 aliphatic carbocycles. The monoisotopic (exact) mass is 240 g/mol. The summed E-state index contributed by atoms with van der Waals surface area (Å²) in [5, 5.41) is 0. The van der Waals surface area contributed by atoms with Crippen LogP contribution in [0.25, 0.3) is 0 Å². The first-order valence-corrected chi connectivity index (χ1v) is 5.92. The van der Waals surface area contributed by atoms with Gasteiger partial charge in [0.1, 0.15) is 0 Å². The van der Waals surface area contributed by atoms with E-state index in [1.54, 1.807) is 7.11 Å². The molecule has 6 heteroatoms. The summed E-state index contributed by atoms with van der Waals surface area (Å²) >= 11 is 0. The van der Waals surface area contributed by atoms with Gasteiger partial charge >= 0.3 is 0 Å². The predicted molar refractivity (Wildman–Crippen MR) is 65.1 cm³/mol. The number of imidazole rings is 1. The molecule has 17 heavy (non-hydrogen) atoms. The SMILES string of the molecule is COCCn1ccnc1N1CCOC(CN)C1. The second-order valence-corrected chi connectivity index (χ2v) is 4.09. The molecule has 1 aromatic heterocycles. The molecule has 1 aliphatic heterocycles. The van der Waals surface area contributed by atoms with Crippen LogP contribution in [0.5, 0.6) is 0 Å². The topological polar surface area (TPSA) is 65.5 Å². The van der Waals surface area contributed by atoms with Gasteiger partial charge in [0.05, 0.1) is 19.3 Å². The fraction of sp³-hybridized carbons (Fsp3) is 0.727. The summed E-state index contributed by atoms with van der Waals surface area (Å²) in [5.41, 5.74) is 5.64. The molecule has 1 fully saturated rings. The van der Waals surface area contributed by atoms with Gasteiger partial charge in [-0.3, -0.25) is 0 Å². The molecule has 96 valence electrons. The van der Waals surface area contributed by atoms with Gasteiger partial charge in [-0.25, -0.2) is 4.98 Å². The molecule has 1 atom stereocenters. The Bertz CT molecular complexity index is 342. The molecule has 1 unspecified atom stereocenters. The lowest BCUT2D eigenvalue weighted by atomic mass is 10.3. The van der Waals surface area contributed by atoms with Crippen LogP contribution in [0.4, 0.5) is 5.95 Å². The molecular weight excluding hydrogens is 220 g/mol. The van der Waals surface area contributed by atoms with Crippen molar-refractivity contribution in [3.05, 3.63) is 12.4 Å². The molecule has 0 amide bonds. The van der Waals surface area contributed by atoms with Gasteiger partial charge in [-0.1, -0.05) is 0 Å². The van der Waals surface area contributed by atoms with E-state index >= 15 is 0 Å². The minimum Gasteiger partial charge on any atom is -0.383 e. The molecule has 1 aliphatic rings. The van der Waals surface area contributed by atoms with E-state index in [4.69, 9.17) is 15.2 Å². The summed E-state index contributed by atoms with van der Waals surface area (Å²) in [6.45, 7) is 4.43. The third-order valence-electron chi connectivity index (χ3n) is 2.91. The Morgan fingerprint density at radius 1 is 1.65 bits per heavy atom. The largest absolute Gasteiger partial charge is 0.383 e. The van der Waals surface area contributed by atoms with Gasteiger partial charge in [0.25, 0.3) is 0 Å². The maximum Gasteiger partial charge on any atom is 0.205 e. The lowest BCUT2D eigenvalue weighted by Gasteiger charge is -2.33. The van der Waals surface area contributed by atoms with E-state index in [2.05, 4.69) is 14.5 Å². The van der Waals surface area contributed by atoms with E-state index < -0.39 is 0 Å². The lowest BCUT2D eigenvalue weighted by Crippen LogP contribution is -2.46. The van der Waals surface area contributed by atoms with Gasteiger partial charge in [0.2, 0.25) is 5.95 Å². The second kappa shape index (κ2) is 6.00. The van der Waals surface area contributed by atoms with Crippen LogP contribution in [0.2, 0.25) is 0 Å². The Morgan fingerprint density at radius 3 is 3.29 bits per heavy atom. The molecule has 1 aromatic rings. The summed E-state index contributed by atoms with van der Waals surface area (Å²) in [5.74, 6) is 0.976. The zero-order valence-corrected chi connectivity index (χ0v) is 10.2. The number of nitrogens with zero attached hydrogens (tertiary/aromatic N) is 3. The number of nitrogens with two attached hydrogens (primary N) is 1. The van der Waals surface area contributed by atoms with Gasteiger partial charge in [-0.2, -0.15) is 0 Å². The van der Waals surface area contributed by atoms with E-state index in [9.17, 15) is 0 Å². The predicted octanol–water partition coefficient (Wildman–Crippen LogP) is -0.307. The quantitative estimate of drug-likeness (QED) is 0.765. The van der Waals surface area contributed by atoms with Crippen LogP contribution in [0, 0.1) is 0 Å². The van der Waals surface area contributed by atoms with Gasteiger partial charge < -0.3 is 24.7 Å². The van der Waals surface area contributed by atoms with Crippen LogP contribution in [0.1, 0.15) is 0 Å². The van der Waals surface area contributed by atoms with Crippen LogP contribution in [-0.2, 0) is 16.0 Å². The smallest absolute Gasteiger partial charge is 0.205 e. The van der Waals surface area contributed by atoms with Gasteiger partial charge in [0.15, 0.2) is 0 Å². The molecular formula is C11H20N4O2.